The quantitative estimate of drug-likeness (QED) is 0.0344. The zero-order chi connectivity index (χ0) is 44.5. The van der Waals surface area contributed by atoms with Gasteiger partial charge in [0.05, 0.1) is 0 Å². The van der Waals surface area contributed by atoms with Crippen LogP contribution >= 0.6 is 0 Å². The van der Waals surface area contributed by atoms with Gasteiger partial charge in [0.2, 0.25) is 0 Å². The van der Waals surface area contributed by atoms with E-state index in [9.17, 15) is 14.4 Å². The third-order valence-electron chi connectivity index (χ3n) is 12.5. The molecule has 0 amide bonds. The van der Waals surface area contributed by atoms with E-state index in [0.717, 1.165) is 63.7 Å². The Labute approximate surface area is 380 Å². The van der Waals surface area contributed by atoms with Crippen LogP contribution in [0.15, 0.2) is 0 Å². The van der Waals surface area contributed by atoms with Crippen molar-refractivity contribution in [3.63, 3.8) is 0 Å². The van der Waals surface area contributed by atoms with Crippen LogP contribution in [-0.2, 0) is 28.6 Å². The minimum atomic E-state index is -0.761. The summed E-state index contributed by atoms with van der Waals surface area (Å²) >= 11 is 0. The lowest BCUT2D eigenvalue weighted by Crippen LogP contribution is -2.30. The average molecular weight is 863 g/mol. The Morgan fingerprint density at radius 2 is 0.541 bits per heavy atom. The molecule has 0 aliphatic rings. The molecule has 0 saturated carbocycles. The maximum absolute atomic E-state index is 12.8. The van der Waals surface area contributed by atoms with E-state index in [1.54, 1.807) is 0 Å². The maximum Gasteiger partial charge on any atom is 0.306 e. The van der Waals surface area contributed by atoms with Crippen molar-refractivity contribution in [2.75, 3.05) is 13.2 Å². The summed E-state index contributed by atoms with van der Waals surface area (Å²) in [4.78, 5) is 38.0. The van der Waals surface area contributed by atoms with E-state index < -0.39 is 6.10 Å². The third-order valence-corrected chi connectivity index (χ3v) is 12.5. The number of hydrogen-bond acceptors (Lipinski definition) is 6. The Morgan fingerprint density at radius 1 is 0.311 bits per heavy atom. The molecule has 0 spiro atoms. The zero-order valence-corrected chi connectivity index (χ0v) is 41.6. The summed E-state index contributed by atoms with van der Waals surface area (Å²) in [6, 6.07) is 0. The van der Waals surface area contributed by atoms with Gasteiger partial charge in [-0.25, -0.2) is 0 Å². The SMILES string of the molecule is CCCCCCCCCCCCCCCCCCCCCC(=O)OC[C@H](COC(=O)CCCCCCCCCCCCCCC)OC(=O)CCCCCCCCCCC(C)C. The molecule has 0 unspecified atom stereocenters. The van der Waals surface area contributed by atoms with Crippen molar-refractivity contribution in [1.82, 2.24) is 0 Å². The summed E-state index contributed by atoms with van der Waals surface area (Å²) in [7, 11) is 0. The first-order valence-corrected chi connectivity index (χ1v) is 27.4. The average Bonchev–Trinajstić information content (AvgIpc) is 3.24. The van der Waals surface area contributed by atoms with E-state index in [4.69, 9.17) is 14.2 Å². The molecule has 0 radical (unpaired) electrons. The van der Waals surface area contributed by atoms with Gasteiger partial charge in [0.15, 0.2) is 6.10 Å². The summed E-state index contributed by atoms with van der Waals surface area (Å²) < 4.78 is 16.8. The Balaban J connectivity index is 4.23. The number of hydrogen-bond donors (Lipinski definition) is 0. The van der Waals surface area contributed by atoms with E-state index in [-0.39, 0.29) is 31.1 Å². The van der Waals surface area contributed by atoms with E-state index in [2.05, 4.69) is 27.7 Å². The Hall–Kier alpha value is -1.59. The molecule has 0 aliphatic carbocycles. The van der Waals surface area contributed by atoms with Crippen molar-refractivity contribution in [3.8, 4) is 0 Å². The molecule has 362 valence electrons. The van der Waals surface area contributed by atoms with Gasteiger partial charge in [-0.15, -0.1) is 0 Å². The molecule has 0 aliphatic heterocycles. The molecule has 0 rings (SSSR count). The van der Waals surface area contributed by atoms with Crippen LogP contribution in [0.5, 0.6) is 0 Å². The molecule has 0 saturated heterocycles. The molecule has 61 heavy (non-hydrogen) atoms. The molecule has 0 aromatic rings. The smallest absolute Gasteiger partial charge is 0.306 e. The number of carbonyl (C=O) groups is 3. The minimum Gasteiger partial charge on any atom is -0.462 e. The van der Waals surface area contributed by atoms with Crippen molar-refractivity contribution in [2.24, 2.45) is 5.92 Å². The molecule has 6 heteroatoms. The van der Waals surface area contributed by atoms with Crippen LogP contribution in [0.2, 0.25) is 0 Å². The molecular weight excluding hydrogens is 757 g/mol. The van der Waals surface area contributed by atoms with Crippen LogP contribution in [0.4, 0.5) is 0 Å². The standard InChI is InChI=1S/C55H106O6/c1-5-7-9-11-13-15-17-19-20-21-22-23-24-26-28-30-35-39-43-47-54(57)60-50-52(61-55(58)48-44-40-36-32-31-33-37-41-45-51(3)4)49-59-53(56)46-42-38-34-29-27-25-18-16-14-12-10-8-6-2/h51-52H,5-50H2,1-4H3/t52-/m0/s1. The Kier molecular flexibility index (Phi) is 48.1. The lowest BCUT2D eigenvalue weighted by Gasteiger charge is -2.18. The largest absolute Gasteiger partial charge is 0.462 e. The third kappa shape index (κ3) is 49.3. The summed E-state index contributed by atoms with van der Waals surface area (Å²) in [5.74, 6) is -0.0501. The molecule has 0 aromatic carbocycles. The van der Waals surface area contributed by atoms with Gasteiger partial charge in [0, 0.05) is 19.3 Å². The van der Waals surface area contributed by atoms with Gasteiger partial charge in [-0.1, -0.05) is 272 Å². The highest BCUT2D eigenvalue weighted by molar-refractivity contribution is 5.71. The van der Waals surface area contributed by atoms with Crippen molar-refractivity contribution >= 4 is 17.9 Å². The predicted octanol–water partition coefficient (Wildman–Crippen LogP) is 17.8. The molecule has 0 bridgehead atoms. The lowest BCUT2D eigenvalue weighted by atomic mass is 10.0. The van der Waals surface area contributed by atoms with Crippen molar-refractivity contribution in [3.05, 3.63) is 0 Å². The Bertz CT molecular complexity index is 918. The summed E-state index contributed by atoms with van der Waals surface area (Å²) in [6.07, 6.45) is 52.4. The zero-order valence-electron chi connectivity index (χ0n) is 41.6. The molecular formula is C55H106O6. The van der Waals surface area contributed by atoms with E-state index in [1.807, 2.05) is 0 Å². The fourth-order valence-corrected chi connectivity index (χ4v) is 8.39. The van der Waals surface area contributed by atoms with Gasteiger partial charge < -0.3 is 14.2 Å². The number of ether oxygens (including phenoxy) is 3. The molecule has 6 nitrogen and oxygen atoms in total. The fraction of sp³-hybridized carbons (Fsp3) is 0.945. The van der Waals surface area contributed by atoms with E-state index >= 15 is 0 Å². The minimum absolute atomic E-state index is 0.0630. The normalized spacial score (nSPS) is 12.0. The number of rotatable bonds is 50. The Morgan fingerprint density at radius 3 is 0.803 bits per heavy atom. The first kappa shape index (κ1) is 59.4. The molecule has 0 N–H and O–H groups in total. The van der Waals surface area contributed by atoms with E-state index in [1.165, 1.54) is 205 Å². The van der Waals surface area contributed by atoms with Crippen LogP contribution < -0.4 is 0 Å². The molecule has 0 aromatic heterocycles. The second-order valence-electron chi connectivity index (χ2n) is 19.3. The molecule has 0 fully saturated rings. The number of unbranched alkanes of at least 4 members (excludes halogenated alkanes) is 37. The second-order valence-corrected chi connectivity index (χ2v) is 19.3. The van der Waals surface area contributed by atoms with Crippen LogP contribution in [0.25, 0.3) is 0 Å². The highest BCUT2D eigenvalue weighted by Gasteiger charge is 2.19. The van der Waals surface area contributed by atoms with E-state index in [0.29, 0.717) is 19.3 Å². The van der Waals surface area contributed by atoms with Crippen molar-refractivity contribution in [1.29, 1.82) is 0 Å². The van der Waals surface area contributed by atoms with Gasteiger partial charge in [-0.05, 0) is 25.2 Å². The van der Waals surface area contributed by atoms with Gasteiger partial charge in [-0.3, -0.25) is 14.4 Å². The monoisotopic (exact) mass is 863 g/mol. The first-order chi connectivity index (χ1) is 29.9. The second kappa shape index (κ2) is 49.4. The molecule has 0 heterocycles. The number of esters is 3. The van der Waals surface area contributed by atoms with Gasteiger partial charge in [0.25, 0.3) is 0 Å². The summed E-state index contributed by atoms with van der Waals surface area (Å²) in [5, 5.41) is 0. The van der Waals surface area contributed by atoms with Gasteiger partial charge in [0.1, 0.15) is 13.2 Å². The fourth-order valence-electron chi connectivity index (χ4n) is 8.39. The highest BCUT2D eigenvalue weighted by atomic mass is 16.6. The first-order valence-electron chi connectivity index (χ1n) is 27.4. The van der Waals surface area contributed by atoms with Crippen LogP contribution in [0.3, 0.4) is 0 Å². The summed E-state index contributed by atoms with van der Waals surface area (Å²) in [5.41, 5.74) is 0. The van der Waals surface area contributed by atoms with Gasteiger partial charge >= 0.3 is 17.9 Å². The summed E-state index contributed by atoms with van der Waals surface area (Å²) in [6.45, 7) is 9.01. The molecule has 1 atom stereocenters. The topological polar surface area (TPSA) is 78.9 Å². The van der Waals surface area contributed by atoms with Gasteiger partial charge in [-0.2, -0.15) is 0 Å². The predicted molar refractivity (Wildman–Crippen MR) is 261 cm³/mol. The van der Waals surface area contributed by atoms with Crippen LogP contribution in [0, 0.1) is 5.92 Å². The number of carbonyl (C=O) groups excluding carboxylic acids is 3. The maximum atomic E-state index is 12.8. The van der Waals surface area contributed by atoms with Crippen LogP contribution in [-0.4, -0.2) is 37.2 Å². The lowest BCUT2D eigenvalue weighted by molar-refractivity contribution is -0.167. The highest BCUT2D eigenvalue weighted by Crippen LogP contribution is 2.17. The van der Waals surface area contributed by atoms with Crippen molar-refractivity contribution in [2.45, 2.75) is 316 Å². The van der Waals surface area contributed by atoms with Crippen molar-refractivity contribution < 1.29 is 28.6 Å². The van der Waals surface area contributed by atoms with Crippen LogP contribution in [0.1, 0.15) is 310 Å².